The predicted molar refractivity (Wildman–Crippen MR) is 125 cm³/mol. The van der Waals surface area contributed by atoms with Gasteiger partial charge in [-0.3, -0.25) is 9.59 Å². The van der Waals surface area contributed by atoms with E-state index >= 15 is 0 Å². The summed E-state index contributed by atoms with van der Waals surface area (Å²) in [6.45, 7) is 0. The van der Waals surface area contributed by atoms with Gasteiger partial charge in [-0.15, -0.1) is 0 Å². The molecule has 0 amide bonds. The quantitative estimate of drug-likeness (QED) is 0.434. The van der Waals surface area contributed by atoms with E-state index in [9.17, 15) is 18.4 Å². The summed E-state index contributed by atoms with van der Waals surface area (Å²) in [7, 11) is 3.30. The molecule has 0 spiro atoms. The van der Waals surface area contributed by atoms with Crippen molar-refractivity contribution in [2.75, 3.05) is 0 Å². The molecule has 1 N–H and O–H groups in total. The van der Waals surface area contributed by atoms with Crippen LogP contribution in [0.2, 0.25) is 0 Å². The monoisotopic (exact) mass is 443 g/mol. The first-order valence-corrected chi connectivity index (χ1v) is 10.3. The second kappa shape index (κ2) is 7.70. The number of aromatic nitrogens is 3. The molecule has 3 heterocycles. The minimum Gasteiger partial charge on any atom is -0.350 e. The molecule has 0 aliphatic rings. The van der Waals surface area contributed by atoms with Crippen LogP contribution in [0.25, 0.3) is 44.4 Å². The summed E-state index contributed by atoms with van der Waals surface area (Å²) in [6, 6.07) is 16.1. The number of H-pyrrole nitrogens is 1. The molecule has 0 bridgehead atoms. The van der Waals surface area contributed by atoms with Crippen molar-refractivity contribution in [3.63, 3.8) is 0 Å². The second-order valence-corrected chi connectivity index (χ2v) is 7.97. The number of benzene rings is 2. The summed E-state index contributed by atoms with van der Waals surface area (Å²) < 4.78 is 30.8. The summed E-state index contributed by atoms with van der Waals surface area (Å²) in [5.74, 6) is -1.42. The van der Waals surface area contributed by atoms with Crippen LogP contribution in [0.4, 0.5) is 8.78 Å². The summed E-state index contributed by atoms with van der Waals surface area (Å²) in [6.07, 6.45) is 3.43. The molecule has 2 aromatic carbocycles. The Balaban J connectivity index is 1.84. The van der Waals surface area contributed by atoms with Crippen LogP contribution in [0.15, 0.2) is 82.6 Å². The Kier molecular flexibility index (Phi) is 4.82. The molecule has 0 fully saturated rings. The van der Waals surface area contributed by atoms with Crippen LogP contribution < -0.4 is 11.1 Å². The Labute approximate surface area is 187 Å². The van der Waals surface area contributed by atoms with Crippen molar-refractivity contribution in [2.45, 2.75) is 0 Å². The smallest absolute Gasteiger partial charge is 0.274 e. The van der Waals surface area contributed by atoms with Gasteiger partial charge in [0.05, 0.1) is 0 Å². The zero-order chi connectivity index (χ0) is 23.3. The molecule has 3 aromatic heterocycles. The Morgan fingerprint density at radius 3 is 2.21 bits per heavy atom. The standard InChI is InChI=1S/C26H19F2N3O2/c1-30-13-20(15-6-4-3-5-7-15)18(12-24(30)32)21-14-31(2)26(33)25-19(21)11-23(29-25)17-9-8-16(27)10-22(17)28/h3-14,29H,1-2H3. The zero-order valence-corrected chi connectivity index (χ0v) is 17.9. The van der Waals surface area contributed by atoms with Crippen LogP contribution in [0, 0.1) is 11.6 Å². The van der Waals surface area contributed by atoms with Gasteiger partial charge in [0.2, 0.25) is 0 Å². The molecule has 0 aliphatic carbocycles. The first-order chi connectivity index (χ1) is 15.8. The molecule has 7 heteroatoms. The maximum atomic E-state index is 14.5. The Hall–Kier alpha value is -4.26. The fourth-order valence-corrected chi connectivity index (χ4v) is 4.10. The minimum absolute atomic E-state index is 0.146. The van der Waals surface area contributed by atoms with Crippen molar-refractivity contribution in [3.8, 4) is 33.5 Å². The summed E-state index contributed by atoms with van der Waals surface area (Å²) in [4.78, 5) is 28.5. The number of nitrogens with one attached hydrogen (secondary N) is 1. The van der Waals surface area contributed by atoms with Crippen molar-refractivity contribution >= 4 is 10.9 Å². The van der Waals surface area contributed by atoms with Crippen molar-refractivity contribution in [1.29, 1.82) is 0 Å². The first-order valence-electron chi connectivity index (χ1n) is 10.3. The lowest BCUT2D eigenvalue weighted by Crippen LogP contribution is -2.18. The molecule has 0 saturated carbocycles. The average molecular weight is 443 g/mol. The molecule has 0 radical (unpaired) electrons. The first kappa shape index (κ1) is 20.6. The maximum Gasteiger partial charge on any atom is 0.274 e. The van der Waals surface area contributed by atoms with Gasteiger partial charge in [0, 0.05) is 66.4 Å². The Morgan fingerprint density at radius 2 is 1.48 bits per heavy atom. The average Bonchev–Trinajstić information content (AvgIpc) is 3.24. The van der Waals surface area contributed by atoms with E-state index in [0.717, 1.165) is 23.3 Å². The molecule has 0 atom stereocenters. The lowest BCUT2D eigenvalue weighted by molar-refractivity contribution is 0.585. The highest BCUT2D eigenvalue weighted by Gasteiger charge is 2.19. The summed E-state index contributed by atoms with van der Waals surface area (Å²) >= 11 is 0. The van der Waals surface area contributed by atoms with E-state index in [4.69, 9.17) is 0 Å². The van der Waals surface area contributed by atoms with Gasteiger partial charge in [-0.1, -0.05) is 30.3 Å². The predicted octanol–water partition coefficient (Wildman–Crippen LogP) is 4.84. The van der Waals surface area contributed by atoms with E-state index in [1.54, 1.807) is 32.6 Å². The third kappa shape index (κ3) is 3.47. The maximum absolute atomic E-state index is 14.5. The number of hydrogen-bond donors (Lipinski definition) is 1. The van der Waals surface area contributed by atoms with Gasteiger partial charge in [-0.2, -0.15) is 0 Å². The highest BCUT2D eigenvalue weighted by molar-refractivity contribution is 6.00. The van der Waals surface area contributed by atoms with Gasteiger partial charge in [0.15, 0.2) is 0 Å². The van der Waals surface area contributed by atoms with E-state index in [1.165, 1.54) is 21.3 Å². The molecule has 5 nitrogen and oxygen atoms in total. The fraction of sp³-hybridized carbons (Fsp3) is 0.0769. The molecular weight excluding hydrogens is 424 g/mol. The number of hydrogen-bond acceptors (Lipinski definition) is 2. The summed E-state index contributed by atoms with van der Waals surface area (Å²) in [5.41, 5.74) is 3.28. The molecule has 0 aliphatic heterocycles. The highest BCUT2D eigenvalue weighted by atomic mass is 19.1. The molecular formula is C26H19F2N3O2. The van der Waals surface area contributed by atoms with E-state index in [1.807, 2.05) is 30.3 Å². The van der Waals surface area contributed by atoms with Crippen molar-refractivity contribution < 1.29 is 8.78 Å². The topological polar surface area (TPSA) is 59.8 Å². The Morgan fingerprint density at radius 1 is 0.758 bits per heavy atom. The number of fused-ring (bicyclic) bond motifs is 1. The largest absolute Gasteiger partial charge is 0.350 e. The zero-order valence-electron chi connectivity index (χ0n) is 17.9. The van der Waals surface area contributed by atoms with E-state index in [-0.39, 0.29) is 22.2 Å². The van der Waals surface area contributed by atoms with Gasteiger partial charge in [0.25, 0.3) is 11.1 Å². The summed E-state index contributed by atoms with van der Waals surface area (Å²) in [5, 5.41) is 0.544. The van der Waals surface area contributed by atoms with Crippen molar-refractivity contribution in [2.24, 2.45) is 14.1 Å². The third-order valence-electron chi connectivity index (χ3n) is 5.79. The van der Waals surface area contributed by atoms with Gasteiger partial charge in [-0.05, 0) is 29.3 Å². The third-order valence-corrected chi connectivity index (χ3v) is 5.79. The van der Waals surface area contributed by atoms with Crippen molar-refractivity contribution in [3.05, 3.63) is 105 Å². The van der Waals surface area contributed by atoms with Crippen LogP contribution in [0.3, 0.4) is 0 Å². The lowest BCUT2D eigenvalue weighted by atomic mass is 9.95. The molecule has 5 aromatic rings. The van der Waals surface area contributed by atoms with Crippen molar-refractivity contribution in [1.82, 2.24) is 14.1 Å². The van der Waals surface area contributed by atoms with Gasteiger partial charge in [-0.25, -0.2) is 8.78 Å². The molecule has 0 saturated heterocycles. The fourth-order valence-electron chi connectivity index (χ4n) is 4.10. The highest BCUT2D eigenvalue weighted by Crippen LogP contribution is 2.36. The molecule has 164 valence electrons. The van der Waals surface area contributed by atoms with Crippen LogP contribution in [-0.2, 0) is 14.1 Å². The van der Waals surface area contributed by atoms with Crippen LogP contribution >= 0.6 is 0 Å². The number of rotatable bonds is 3. The molecule has 0 unspecified atom stereocenters. The van der Waals surface area contributed by atoms with Gasteiger partial charge >= 0.3 is 0 Å². The SMILES string of the molecule is Cn1cc(-c2ccccc2)c(-c2cn(C)c(=O)c3[nH]c(-c4ccc(F)cc4F)cc23)cc1=O. The number of pyridine rings is 2. The molecule has 5 rings (SSSR count). The van der Waals surface area contributed by atoms with Crippen LogP contribution in [-0.4, -0.2) is 14.1 Å². The van der Waals surface area contributed by atoms with Crippen LogP contribution in [0.5, 0.6) is 0 Å². The second-order valence-electron chi connectivity index (χ2n) is 7.97. The van der Waals surface area contributed by atoms with E-state index in [2.05, 4.69) is 4.98 Å². The van der Waals surface area contributed by atoms with Gasteiger partial charge in [0.1, 0.15) is 17.2 Å². The Bertz CT molecular complexity index is 1650. The van der Waals surface area contributed by atoms with E-state index < -0.39 is 11.6 Å². The normalized spacial score (nSPS) is 11.3. The number of aromatic amines is 1. The number of aryl methyl sites for hydroxylation is 2. The van der Waals surface area contributed by atoms with E-state index in [0.29, 0.717) is 22.2 Å². The molecule has 33 heavy (non-hydrogen) atoms. The van der Waals surface area contributed by atoms with Gasteiger partial charge < -0.3 is 14.1 Å². The lowest BCUT2D eigenvalue weighted by Gasteiger charge is -2.14. The number of halogens is 2. The van der Waals surface area contributed by atoms with Crippen LogP contribution in [0.1, 0.15) is 0 Å². The minimum atomic E-state index is -0.738. The number of nitrogens with zero attached hydrogens (tertiary/aromatic N) is 2.